The number of aromatic hydroxyl groups is 1. The number of nitrogens with zero attached hydrogens (tertiary/aromatic N) is 4. The molecule has 0 fully saturated rings. The van der Waals surface area contributed by atoms with E-state index in [-0.39, 0.29) is 18.2 Å². The summed E-state index contributed by atoms with van der Waals surface area (Å²) in [7, 11) is 0. The lowest BCUT2D eigenvalue weighted by molar-refractivity contribution is -0.121. The van der Waals surface area contributed by atoms with Crippen LogP contribution in [0, 0.1) is 0 Å². The number of azo groups is 1. The van der Waals surface area contributed by atoms with Crippen LogP contribution in [0.5, 0.6) is 5.75 Å². The number of benzene rings is 4. The van der Waals surface area contributed by atoms with Gasteiger partial charge in [0, 0.05) is 27.4 Å². The molecule has 0 saturated heterocycles. The highest BCUT2D eigenvalue weighted by Gasteiger charge is 2.12. The van der Waals surface area contributed by atoms with E-state index >= 15 is 0 Å². The zero-order chi connectivity index (χ0) is 23.3. The Morgan fingerprint density at radius 1 is 0.794 bits per heavy atom. The number of fused-ring (bicyclic) bond motifs is 3. The largest absolute Gasteiger partial charge is 0.507 e. The molecule has 5 aromatic rings. The minimum Gasteiger partial charge on any atom is -0.507 e. The van der Waals surface area contributed by atoms with Gasteiger partial charge in [-0.25, -0.2) is 5.43 Å². The van der Waals surface area contributed by atoms with Crippen LogP contribution < -0.4 is 5.43 Å². The molecular formula is C27H21N5O2. The number of hydrogen-bond acceptors (Lipinski definition) is 5. The van der Waals surface area contributed by atoms with Gasteiger partial charge in [-0.15, -0.1) is 0 Å². The summed E-state index contributed by atoms with van der Waals surface area (Å²) in [5, 5.41) is 24.7. The lowest BCUT2D eigenvalue weighted by Crippen LogP contribution is -2.23. The number of hydrogen-bond donors (Lipinski definition) is 2. The smallest absolute Gasteiger partial charge is 0.260 e. The molecule has 5 rings (SSSR count). The fraction of sp³-hybridized carbons (Fsp3) is 0.0370. The van der Waals surface area contributed by atoms with Crippen molar-refractivity contribution in [3.05, 3.63) is 103 Å². The molecule has 1 aromatic heterocycles. The van der Waals surface area contributed by atoms with Crippen LogP contribution in [0.25, 0.3) is 21.8 Å². The molecule has 0 aliphatic rings. The zero-order valence-electron chi connectivity index (χ0n) is 18.2. The van der Waals surface area contributed by atoms with Gasteiger partial charge in [0.05, 0.1) is 17.6 Å². The van der Waals surface area contributed by atoms with Gasteiger partial charge < -0.3 is 9.67 Å². The van der Waals surface area contributed by atoms with E-state index in [1.54, 1.807) is 12.1 Å². The summed E-state index contributed by atoms with van der Waals surface area (Å²) in [6.07, 6.45) is 1.39. The molecule has 0 saturated carbocycles. The highest BCUT2D eigenvalue weighted by atomic mass is 16.3. The van der Waals surface area contributed by atoms with Crippen LogP contribution in [0.4, 0.5) is 11.4 Å². The molecular weight excluding hydrogens is 426 g/mol. The first kappa shape index (κ1) is 21.1. The molecule has 34 heavy (non-hydrogen) atoms. The molecule has 0 aliphatic heterocycles. The second kappa shape index (κ2) is 9.38. The highest BCUT2D eigenvalue weighted by Crippen LogP contribution is 2.28. The number of carbonyl (C=O) groups is 1. The maximum Gasteiger partial charge on any atom is 0.260 e. The van der Waals surface area contributed by atoms with Crippen molar-refractivity contribution < 1.29 is 9.90 Å². The molecule has 0 bridgehead atoms. The Balaban J connectivity index is 1.31. The Kier molecular flexibility index (Phi) is 5.82. The third-order valence-electron chi connectivity index (χ3n) is 5.42. The van der Waals surface area contributed by atoms with Gasteiger partial charge in [0.15, 0.2) is 0 Å². The minimum absolute atomic E-state index is 0.0269. The molecule has 7 heteroatoms. The number of phenols is 1. The lowest BCUT2D eigenvalue weighted by atomic mass is 10.2. The molecule has 1 amide bonds. The molecule has 0 unspecified atom stereocenters. The van der Waals surface area contributed by atoms with Gasteiger partial charge in [-0.1, -0.05) is 54.6 Å². The van der Waals surface area contributed by atoms with E-state index in [4.69, 9.17) is 0 Å². The van der Waals surface area contributed by atoms with Crippen LogP contribution in [0.3, 0.4) is 0 Å². The van der Waals surface area contributed by atoms with E-state index in [0.29, 0.717) is 11.3 Å². The first-order chi connectivity index (χ1) is 16.7. The molecule has 2 N–H and O–H groups in total. The number of phenolic OH excluding ortho intramolecular Hbond substituents is 1. The third-order valence-corrected chi connectivity index (χ3v) is 5.42. The molecule has 7 nitrogen and oxygen atoms in total. The number of carbonyl (C=O) groups excluding carboxylic acids is 1. The summed E-state index contributed by atoms with van der Waals surface area (Å²) in [5.74, 6) is -0.249. The zero-order valence-corrected chi connectivity index (χ0v) is 18.2. The van der Waals surface area contributed by atoms with Crippen LogP contribution in [-0.2, 0) is 11.3 Å². The average Bonchev–Trinajstić information content (AvgIpc) is 3.18. The van der Waals surface area contributed by atoms with Gasteiger partial charge >= 0.3 is 0 Å². The van der Waals surface area contributed by atoms with Crippen molar-refractivity contribution in [2.24, 2.45) is 15.3 Å². The number of aromatic nitrogens is 1. The highest BCUT2D eigenvalue weighted by molar-refractivity contribution is 6.08. The van der Waals surface area contributed by atoms with E-state index in [2.05, 4.69) is 32.9 Å². The number of amides is 1. The molecule has 0 atom stereocenters. The Labute approximate surface area is 195 Å². The summed E-state index contributed by atoms with van der Waals surface area (Å²) in [4.78, 5) is 12.7. The van der Waals surface area contributed by atoms with Crippen LogP contribution in [0.1, 0.15) is 5.56 Å². The first-order valence-electron chi connectivity index (χ1n) is 10.8. The summed E-state index contributed by atoms with van der Waals surface area (Å²) in [5.41, 5.74) is 6.21. The van der Waals surface area contributed by atoms with E-state index in [1.807, 2.05) is 71.3 Å². The van der Waals surface area contributed by atoms with Crippen molar-refractivity contribution in [1.29, 1.82) is 0 Å². The van der Waals surface area contributed by atoms with E-state index in [0.717, 1.165) is 27.5 Å². The van der Waals surface area contributed by atoms with Crippen molar-refractivity contribution in [2.45, 2.75) is 6.54 Å². The minimum atomic E-state index is -0.276. The van der Waals surface area contributed by atoms with Gasteiger partial charge in [-0.3, -0.25) is 4.79 Å². The summed E-state index contributed by atoms with van der Waals surface area (Å²) >= 11 is 0. The molecule has 0 aliphatic carbocycles. The molecule has 0 radical (unpaired) electrons. The average molecular weight is 447 g/mol. The van der Waals surface area contributed by atoms with Crippen LogP contribution in [0.2, 0.25) is 0 Å². The Morgan fingerprint density at radius 2 is 1.41 bits per heavy atom. The number of para-hydroxylation sites is 2. The van der Waals surface area contributed by atoms with Gasteiger partial charge in [-0.2, -0.15) is 15.3 Å². The lowest BCUT2D eigenvalue weighted by Gasteiger charge is -2.06. The van der Waals surface area contributed by atoms with Crippen LogP contribution >= 0.6 is 0 Å². The predicted octanol–water partition coefficient (Wildman–Crippen LogP) is 6.07. The number of nitrogens with one attached hydrogen (secondary N) is 1. The van der Waals surface area contributed by atoms with Gasteiger partial charge in [-0.05, 0) is 42.5 Å². The number of hydrazone groups is 1. The van der Waals surface area contributed by atoms with E-state index in [9.17, 15) is 9.90 Å². The van der Waals surface area contributed by atoms with E-state index < -0.39 is 0 Å². The van der Waals surface area contributed by atoms with E-state index in [1.165, 1.54) is 12.3 Å². The van der Waals surface area contributed by atoms with Gasteiger partial charge in [0.2, 0.25) is 0 Å². The van der Waals surface area contributed by atoms with Crippen molar-refractivity contribution in [3.63, 3.8) is 0 Å². The molecule has 0 spiro atoms. The predicted molar refractivity (Wildman–Crippen MR) is 134 cm³/mol. The first-order valence-corrected chi connectivity index (χ1v) is 10.8. The quantitative estimate of drug-likeness (QED) is 0.188. The Hall–Kier alpha value is -4.78. The Morgan fingerprint density at radius 3 is 2.12 bits per heavy atom. The Bertz CT molecular complexity index is 1480. The van der Waals surface area contributed by atoms with Crippen molar-refractivity contribution in [1.82, 2.24) is 9.99 Å². The monoisotopic (exact) mass is 447 g/mol. The standard InChI is InChI=1S/C27H21N5O2/c33-26-15-14-21(30-29-20-8-2-1-3-9-20)16-19(26)17-28-31-27(34)18-32-24-12-6-4-10-22(24)23-11-5-7-13-25(23)32/h1-17,33H,18H2,(H,31,34)/b28-17+,30-29?. The second-order valence-electron chi connectivity index (χ2n) is 7.69. The second-order valence-corrected chi connectivity index (χ2v) is 7.69. The van der Waals surface area contributed by atoms with Crippen molar-refractivity contribution in [2.75, 3.05) is 0 Å². The maximum absolute atomic E-state index is 12.7. The molecule has 4 aromatic carbocycles. The van der Waals surface area contributed by atoms with Crippen LogP contribution in [0.15, 0.2) is 112 Å². The van der Waals surface area contributed by atoms with Crippen molar-refractivity contribution in [3.8, 4) is 5.75 Å². The number of rotatable bonds is 6. The summed E-state index contributed by atoms with van der Waals surface area (Å²) < 4.78 is 1.97. The fourth-order valence-electron chi connectivity index (χ4n) is 3.84. The SMILES string of the molecule is O=C(Cn1c2ccccc2c2ccccc21)N/N=C/c1cc(N=Nc2ccccc2)ccc1O. The van der Waals surface area contributed by atoms with Crippen molar-refractivity contribution >= 4 is 45.3 Å². The maximum atomic E-state index is 12.7. The summed E-state index contributed by atoms with van der Waals surface area (Å²) in [6, 6.07) is 30.2. The van der Waals surface area contributed by atoms with Gasteiger partial charge in [0.1, 0.15) is 12.3 Å². The molecule has 1 heterocycles. The topological polar surface area (TPSA) is 91.3 Å². The molecule has 166 valence electrons. The third kappa shape index (κ3) is 4.40. The normalized spacial score (nSPS) is 11.6. The summed E-state index contributed by atoms with van der Waals surface area (Å²) in [6.45, 7) is 0.114. The van der Waals surface area contributed by atoms with Gasteiger partial charge in [0.25, 0.3) is 5.91 Å². The fourth-order valence-corrected chi connectivity index (χ4v) is 3.84. The van der Waals surface area contributed by atoms with Crippen LogP contribution in [-0.4, -0.2) is 21.8 Å².